The second kappa shape index (κ2) is 9.93. The molecule has 2 amide bonds. The second-order valence-corrected chi connectivity index (χ2v) is 9.29. The van der Waals surface area contributed by atoms with E-state index in [1.165, 1.54) is 23.4 Å². The molecule has 1 heterocycles. The third-order valence-corrected chi connectivity index (χ3v) is 6.88. The van der Waals surface area contributed by atoms with Crippen molar-refractivity contribution < 1.29 is 22.7 Å². The van der Waals surface area contributed by atoms with Crippen molar-refractivity contribution in [1.29, 1.82) is 0 Å². The SMILES string of the molecule is CCOc1ccc(S(=O)(=O)N2CCC[C@H](C(=O)Nc3ccc(NC(C)=O)cc3)C2)cc1. The van der Waals surface area contributed by atoms with Crippen molar-refractivity contribution in [2.75, 3.05) is 30.3 Å². The van der Waals surface area contributed by atoms with Gasteiger partial charge in [0.15, 0.2) is 0 Å². The summed E-state index contributed by atoms with van der Waals surface area (Å²) in [5, 5.41) is 5.50. The van der Waals surface area contributed by atoms with Gasteiger partial charge in [0.05, 0.1) is 17.4 Å². The lowest BCUT2D eigenvalue weighted by Crippen LogP contribution is -2.43. The lowest BCUT2D eigenvalue weighted by molar-refractivity contribution is -0.121. The van der Waals surface area contributed by atoms with Crippen LogP contribution in [0.15, 0.2) is 53.4 Å². The number of amides is 2. The van der Waals surface area contributed by atoms with E-state index in [-0.39, 0.29) is 23.3 Å². The van der Waals surface area contributed by atoms with Gasteiger partial charge in [-0.1, -0.05) is 0 Å². The Hall–Kier alpha value is -2.91. The average Bonchev–Trinajstić information content (AvgIpc) is 2.75. The molecule has 2 aromatic carbocycles. The Labute approximate surface area is 182 Å². The van der Waals surface area contributed by atoms with Crippen LogP contribution in [-0.4, -0.2) is 44.2 Å². The van der Waals surface area contributed by atoms with E-state index in [1.807, 2.05) is 6.92 Å². The summed E-state index contributed by atoms with van der Waals surface area (Å²) >= 11 is 0. The van der Waals surface area contributed by atoms with Gasteiger partial charge in [-0.05, 0) is 68.3 Å². The highest BCUT2D eigenvalue weighted by atomic mass is 32.2. The number of anilines is 2. The van der Waals surface area contributed by atoms with Crippen LogP contribution in [0, 0.1) is 5.92 Å². The van der Waals surface area contributed by atoms with Crippen molar-refractivity contribution in [1.82, 2.24) is 4.31 Å². The quantitative estimate of drug-likeness (QED) is 0.681. The smallest absolute Gasteiger partial charge is 0.243 e. The minimum absolute atomic E-state index is 0.130. The number of nitrogens with one attached hydrogen (secondary N) is 2. The number of benzene rings is 2. The minimum Gasteiger partial charge on any atom is -0.494 e. The Bertz CT molecular complexity index is 1020. The molecule has 0 aromatic heterocycles. The van der Waals surface area contributed by atoms with Crippen LogP contribution in [0.2, 0.25) is 0 Å². The summed E-state index contributed by atoms with van der Waals surface area (Å²) in [4.78, 5) is 24.0. The fourth-order valence-electron chi connectivity index (χ4n) is 3.48. The first-order valence-corrected chi connectivity index (χ1v) is 11.6. The molecule has 166 valence electrons. The molecule has 31 heavy (non-hydrogen) atoms. The van der Waals surface area contributed by atoms with Crippen LogP contribution >= 0.6 is 0 Å². The Kier molecular flexibility index (Phi) is 7.29. The Morgan fingerprint density at radius 3 is 2.23 bits per heavy atom. The van der Waals surface area contributed by atoms with Gasteiger partial charge in [0, 0.05) is 31.4 Å². The fourth-order valence-corrected chi connectivity index (χ4v) is 5.01. The van der Waals surface area contributed by atoms with E-state index in [2.05, 4.69) is 10.6 Å². The normalized spacial score (nSPS) is 17.0. The van der Waals surface area contributed by atoms with Gasteiger partial charge in [0.2, 0.25) is 21.8 Å². The molecule has 2 N–H and O–H groups in total. The number of sulfonamides is 1. The maximum atomic E-state index is 13.0. The molecular formula is C22H27N3O5S. The van der Waals surface area contributed by atoms with Gasteiger partial charge in [-0.25, -0.2) is 8.42 Å². The molecule has 1 aliphatic heterocycles. The maximum absolute atomic E-state index is 13.0. The van der Waals surface area contributed by atoms with Crippen LogP contribution in [0.5, 0.6) is 5.75 Å². The number of carbonyl (C=O) groups excluding carboxylic acids is 2. The Balaban J connectivity index is 1.65. The van der Waals surface area contributed by atoms with Crippen molar-refractivity contribution in [2.45, 2.75) is 31.6 Å². The zero-order chi connectivity index (χ0) is 22.4. The van der Waals surface area contributed by atoms with Gasteiger partial charge in [-0.2, -0.15) is 4.31 Å². The molecule has 1 atom stereocenters. The second-order valence-electron chi connectivity index (χ2n) is 7.35. The molecule has 0 radical (unpaired) electrons. The van der Waals surface area contributed by atoms with Gasteiger partial charge in [0.1, 0.15) is 5.75 Å². The minimum atomic E-state index is -3.69. The highest BCUT2D eigenvalue weighted by Crippen LogP contribution is 2.26. The molecule has 0 unspecified atom stereocenters. The first kappa shape index (κ1) is 22.8. The van der Waals surface area contributed by atoms with Gasteiger partial charge in [-0.15, -0.1) is 0 Å². The molecule has 0 saturated carbocycles. The maximum Gasteiger partial charge on any atom is 0.243 e. The zero-order valence-corrected chi connectivity index (χ0v) is 18.4. The molecule has 0 bridgehead atoms. The first-order chi connectivity index (χ1) is 14.8. The predicted molar refractivity (Wildman–Crippen MR) is 118 cm³/mol. The number of ether oxygens (including phenoxy) is 1. The van der Waals surface area contributed by atoms with Crippen molar-refractivity contribution >= 4 is 33.2 Å². The van der Waals surface area contributed by atoms with Crippen LogP contribution < -0.4 is 15.4 Å². The third-order valence-electron chi connectivity index (χ3n) is 5.00. The van der Waals surface area contributed by atoms with E-state index < -0.39 is 15.9 Å². The number of nitrogens with zero attached hydrogens (tertiary/aromatic N) is 1. The van der Waals surface area contributed by atoms with E-state index in [1.54, 1.807) is 36.4 Å². The highest BCUT2D eigenvalue weighted by molar-refractivity contribution is 7.89. The lowest BCUT2D eigenvalue weighted by Gasteiger charge is -2.31. The topological polar surface area (TPSA) is 105 Å². The predicted octanol–water partition coefficient (Wildman–Crippen LogP) is 3.08. The van der Waals surface area contributed by atoms with Crippen LogP contribution in [0.25, 0.3) is 0 Å². The molecule has 9 heteroatoms. The largest absolute Gasteiger partial charge is 0.494 e. The summed E-state index contributed by atoms with van der Waals surface area (Å²) in [7, 11) is -3.69. The van der Waals surface area contributed by atoms with Crippen LogP contribution in [0.3, 0.4) is 0 Å². The van der Waals surface area contributed by atoms with Crippen molar-refractivity contribution in [3.63, 3.8) is 0 Å². The van der Waals surface area contributed by atoms with Crippen LogP contribution in [0.4, 0.5) is 11.4 Å². The highest BCUT2D eigenvalue weighted by Gasteiger charge is 2.33. The van der Waals surface area contributed by atoms with Gasteiger partial charge in [-0.3, -0.25) is 9.59 Å². The summed E-state index contributed by atoms with van der Waals surface area (Å²) in [6.45, 7) is 4.30. The van der Waals surface area contributed by atoms with Crippen LogP contribution in [0.1, 0.15) is 26.7 Å². The molecule has 0 aliphatic carbocycles. The average molecular weight is 446 g/mol. The van der Waals surface area contributed by atoms with E-state index >= 15 is 0 Å². The molecule has 1 fully saturated rings. The number of piperidine rings is 1. The lowest BCUT2D eigenvalue weighted by atomic mass is 9.98. The van der Waals surface area contributed by atoms with Gasteiger partial charge in [0.25, 0.3) is 0 Å². The summed E-state index contributed by atoms with van der Waals surface area (Å²) in [6.07, 6.45) is 1.22. The Morgan fingerprint density at radius 1 is 1.03 bits per heavy atom. The molecular weight excluding hydrogens is 418 g/mol. The molecule has 0 spiro atoms. The standard InChI is InChI=1S/C22H27N3O5S/c1-3-30-20-10-12-21(13-11-20)31(28,29)25-14-4-5-17(15-25)22(27)24-19-8-6-18(7-9-19)23-16(2)26/h6-13,17H,3-5,14-15H2,1-2H3,(H,23,26)(H,24,27)/t17-/m0/s1. The van der Waals surface area contributed by atoms with E-state index in [9.17, 15) is 18.0 Å². The number of hydrogen-bond acceptors (Lipinski definition) is 5. The van der Waals surface area contributed by atoms with Crippen molar-refractivity contribution in [3.8, 4) is 5.75 Å². The fraction of sp³-hybridized carbons (Fsp3) is 0.364. The molecule has 3 rings (SSSR count). The molecule has 8 nitrogen and oxygen atoms in total. The number of rotatable bonds is 7. The summed E-state index contributed by atoms with van der Waals surface area (Å²) in [5.41, 5.74) is 1.22. The summed E-state index contributed by atoms with van der Waals surface area (Å²) in [5.74, 6) is -0.227. The summed E-state index contributed by atoms with van der Waals surface area (Å²) in [6, 6.07) is 13.1. The third kappa shape index (κ3) is 5.83. The summed E-state index contributed by atoms with van der Waals surface area (Å²) < 4.78 is 32.8. The molecule has 2 aromatic rings. The van der Waals surface area contributed by atoms with Gasteiger partial charge < -0.3 is 15.4 Å². The zero-order valence-electron chi connectivity index (χ0n) is 17.6. The number of hydrogen-bond donors (Lipinski definition) is 2. The Morgan fingerprint density at radius 2 is 1.65 bits per heavy atom. The van der Waals surface area contributed by atoms with E-state index in [0.29, 0.717) is 43.1 Å². The van der Waals surface area contributed by atoms with Crippen LogP contribution in [-0.2, 0) is 19.6 Å². The molecule has 1 aliphatic rings. The van der Waals surface area contributed by atoms with E-state index in [0.717, 1.165) is 0 Å². The monoisotopic (exact) mass is 445 g/mol. The number of carbonyl (C=O) groups is 2. The van der Waals surface area contributed by atoms with Crippen molar-refractivity contribution in [2.24, 2.45) is 5.92 Å². The van der Waals surface area contributed by atoms with E-state index in [4.69, 9.17) is 4.74 Å². The first-order valence-electron chi connectivity index (χ1n) is 10.2. The van der Waals surface area contributed by atoms with Gasteiger partial charge >= 0.3 is 0 Å². The molecule has 1 saturated heterocycles. The van der Waals surface area contributed by atoms with Crippen molar-refractivity contribution in [3.05, 3.63) is 48.5 Å².